The topological polar surface area (TPSA) is 26.0 Å². The highest BCUT2D eigenvalue weighted by molar-refractivity contribution is 4.89. The van der Waals surface area contributed by atoms with Crippen molar-refractivity contribution < 1.29 is 0 Å². The van der Waals surface area contributed by atoms with Gasteiger partial charge in [-0.15, -0.1) is 0 Å². The Balaban J connectivity index is 2.06. The monoisotopic (exact) mass is 167 g/mol. The first-order chi connectivity index (χ1) is 5.79. The van der Waals surface area contributed by atoms with Crippen LogP contribution in [0.1, 0.15) is 57.8 Å². The van der Waals surface area contributed by atoms with Gasteiger partial charge in [-0.2, -0.15) is 0 Å². The standard InChI is InChI=1S/C11H21N/c12-11-7-2-1-4-10(6-9-11)5-3-8-11/h10H,1-9,12H2. The first kappa shape index (κ1) is 8.55. The van der Waals surface area contributed by atoms with E-state index in [2.05, 4.69) is 0 Å². The van der Waals surface area contributed by atoms with Gasteiger partial charge in [-0.3, -0.25) is 0 Å². The maximum atomic E-state index is 6.37. The summed E-state index contributed by atoms with van der Waals surface area (Å²) in [4.78, 5) is 0. The molecule has 2 saturated carbocycles. The maximum absolute atomic E-state index is 6.37. The first-order valence-electron chi connectivity index (χ1n) is 5.57. The number of nitrogens with two attached hydrogens (primary N) is 1. The zero-order valence-electron chi connectivity index (χ0n) is 8.02. The number of rotatable bonds is 0. The molecular weight excluding hydrogens is 146 g/mol. The minimum atomic E-state index is 0.245. The molecule has 70 valence electrons. The third kappa shape index (κ3) is 1.82. The Bertz CT molecular complexity index is 151. The van der Waals surface area contributed by atoms with Gasteiger partial charge >= 0.3 is 0 Å². The summed E-state index contributed by atoms with van der Waals surface area (Å²) >= 11 is 0. The minimum absolute atomic E-state index is 0.245. The van der Waals surface area contributed by atoms with Crippen LogP contribution in [0.5, 0.6) is 0 Å². The molecule has 2 aliphatic carbocycles. The lowest BCUT2D eigenvalue weighted by Gasteiger charge is -2.30. The van der Waals surface area contributed by atoms with Gasteiger partial charge in [0.15, 0.2) is 0 Å². The Hall–Kier alpha value is -0.0400. The van der Waals surface area contributed by atoms with Crippen LogP contribution in [0.4, 0.5) is 0 Å². The van der Waals surface area contributed by atoms with Gasteiger partial charge in [0, 0.05) is 5.54 Å². The van der Waals surface area contributed by atoms with E-state index in [1.54, 1.807) is 0 Å². The maximum Gasteiger partial charge on any atom is 0.0154 e. The van der Waals surface area contributed by atoms with E-state index in [4.69, 9.17) is 5.73 Å². The molecule has 2 N–H and O–H groups in total. The summed E-state index contributed by atoms with van der Waals surface area (Å²) in [6, 6.07) is 0. The van der Waals surface area contributed by atoms with Crippen molar-refractivity contribution in [3.05, 3.63) is 0 Å². The van der Waals surface area contributed by atoms with Crippen LogP contribution >= 0.6 is 0 Å². The van der Waals surface area contributed by atoms with Gasteiger partial charge < -0.3 is 5.73 Å². The largest absolute Gasteiger partial charge is 0.325 e. The van der Waals surface area contributed by atoms with E-state index in [9.17, 15) is 0 Å². The average Bonchev–Trinajstić information content (AvgIpc) is 2.14. The van der Waals surface area contributed by atoms with Crippen LogP contribution in [0, 0.1) is 5.92 Å². The van der Waals surface area contributed by atoms with Gasteiger partial charge in [0.25, 0.3) is 0 Å². The highest BCUT2D eigenvalue weighted by Crippen LogP contribution is 2.36. The minimum Gasteiger partial charge on any atom is -0.325 e. The molecule has 0 aliphatic heterocycles. The van der Waals surface area contributed by atoms with E-state index in [0.717, 1.165) is 5.92 Å². The molecule has 2 aliphatic rings. The third-order valence-electron chi connectivity index (χ3n) is 3.87. The number of hydrogen-bond acceptors (Lipinski definition) is 1. The van der Waals surface area contributed by atoms with E-state index in [1.165, 1.54) is 57.8 Å². The summed E-state index contributed by atoms with van der Waals surface area (Å²) in [5.74, 6) is 1.02. The van der Waals surface area contributed by atoms with Crippen LogP contribution in [-0.2, 0) is 0 Å². The SMILES string of the molecule is NC12CCCCC(CCC1)CC2. The zero-order valence-corrected chi connectivity index (χ0v) is 8.02. The molecule has 1 nitrogen and oxygen atoms in total. The van der Waals surface area contributed by atoms with Gasteiger partial charge in [-0.05, 0) is 31.6 Å². The van der Waals surface area contributed by atoms with Gasteiger partial charge in [0.05, 0.1) is 0 Å². The lowest BCUT2D eigenvalue weighted by atomic mass is 9.82. The number of fused-ring (bicyclic) bond motifs is 3. The lowest BCUT2D eigenvalue weighted by molar-refractivity contribution is 0.297. The fourth-order valence-electron chi connectivity index (χ4n) is 2.95. The summed E-state index contributed by atoms with van der Waals surface area (Å²) < 4.78 is 0. The molecule has 2 fully saturated rings. The van der Waals surface area contributed by atoms with E-state index in [-0.39, 0.29) is 5.54 Å². The summed E-state index contributed by atoms with van der Waals surface area (Å²) in [6.45, 7) is 0. The predicted octanol–water partition coefficient (Wildman–Crippen LogP) is 2.84. The molecule has 0 aromatic rings. The third-order valence-corrected chi connectivity index (χ3v) is 3.87. The molecule has 2 atom stereocenters. The molecule has 12 heavy (non-hydrogen) atoms. The van der Waals surface area contributed by atoms with Crippen molar-refractivity contribution in [1.29, 1.82) is 0 Å². The van der Waals surface area contributed by atoms with Crippen LogP contribution in [0.3, 0.4) is 0 Å². The Morgan fingerprint density at radius 1 is 0.833 bits per heavy atom. The zero-order chi connectivity index (χ0) is 8.44. The summed E-state index contributed by atoms with van der Waals surface area (Å²) in [7, 11) is 0. The normalized spacial score (nSPS) is 43.2. The van der Waals surface area contributed by atoms with Crippen LogP contribution in [0.15, 0.2) is 0 Å². The highest BCUT2D eigenvalue weighted by Gasteiger charge is 2.30. The van der Waals surface area contributed by atoms with Crippen molar-refractivity contribution in [3.63, 3.8) is 0 Å². The van der Waals surface area contributed by atoms with E-state index >= 15 is 0 Å². The number of hydrogen-bond donors (Lipinski definition) is 1. The molecule has 2 unspecified atom stereocenters. The first-order valence-corrected chi connectivity index (χ1v) is 5.57. The molecule has 2 bridgehead atoms. The Kier molecular flexibility index (Phi) is 2.40. The molecule has 0 radical (unpaired) electrons. The van der Waals surface area contributed by atoms with Crippen molar-refractivity contribution in [2.45, 2.75) is 63.3 Å². The van der Waals surface area contributed by atoms with Crippen molar-refractivity contribution >= 4 is 0 Å². The molecular formula is C11H21N. The molecule has 0 aromatic carbocycles. The fraction of sp³-hybridized carbons (Fsp3) is 1.00. The smallest absolute Gasteiger partial charge is 0.0154 e. The van der Waals surface area contributed by atoms with E-state index in [1.807, 2.05) is 0 Å². The summed E-state index contributed by atoms with van der Waals surface area (Å²) in [5, 5.41) is 0. The van der Waals surface area contributed by atoms with Crippen LogP contribution in [0.25, 0.3) is 0 Å². The predicted molar refractivity (Wildman–Crippen MR) is 52.0 cm³/mol. The second-order valence-corrected chi connectivity index (χ2v) is 4.91. The summed E-state index contributed by atoms with van der Waals surface area (Å²) in [5.41, 5.74) is 6.61. The second kappa shape index (κ2) is 3.37. The molecule has 0 heterocycles. The van der Waals surface area contributed by atoms with Crippen molar-refractivity contribution in [2.24, 2.45) is 11.7 Å². The van der Waals surface area contributed by atoms with Crippen LogP contribution in [0.2, 0.25) is 0 Å². The lowest BCUT2D eigenvalue weighted by Crippen LogP contribution is -2.39. The Morgan fingerprint density at radius 3 is 2.50 bits per heavy atom. The van der Waals surface area contributed by atoms with Gasteiger partial charge in [-0.1, -0.05) is 32.1 Å². The van der Waals surface area contributed by atoms with E-state index in [0.29, 0.717) is 0 Å². The second-order valence-electron chi connectivity index (χ2n) is 4.91. The van der Waals surface area contributed by atoms with Crippen molar-refractivity contribution in [1.82, 2.24) is 0 Å². The molecule has 1 heteroatoms. The van der Waals surface area contributed by atoms with Crippen molar-refractivity contribution in [3.8, 4) is 0 Å². The molecule has 0 spiro atoms. The molecule has 0 amide bonds. The Morgan fingerprint density at radius 2 is 1.58 bits per heavy atom. The van der Waals surface area contributed by atoms with Crippen LogP contribution < -0.4 is 5.73 Å². The van der Waals surface area contributed by atoms with Crippen LogP contribution in [-0.4, -0.2) is 5.54 Å². The summed E-state index contributed by atoms with van der Waals surface area (Å²) in [6.07, 6.45) is 12.4. The van der Waals surface area contributed by atoms with Crippen molar-refractivity contribution in [2.75, 3.05) is 0 Å². The average molecular weight is 167 g/mol. The quantitative estimate of drug-likeness (QED) is 0.590. The fourth-order valence-corrected chi connectivity index (χ4v) is 2.95. The highest BCUT2D eigenvalue weighted by atomic mass is 14.7. The molecule has 2 rings (SSSR count). The molecule has 0 aromatic heterocycles. The van der Waals surface area contributed by atoms with Gasteiger partial charge in [0.2, 0.25) is 0 Å². The molecule has 0 saturated heterocycles. The van der Waals surface area contributed by atoms with E-state index < -0.39 is 0 Å². The Labute approximate surface area is 75.7 Å². The van der Waals surface area contributed by atoms with Gasteiger partial charge in [0.1, 0.15) is 0 Å². The van der Waals surface area contributed by atoms with Gasteiger partial charge in [-0.25, -0.2) is 0 Å².